The average Bonchev–Trinajstić information content (AvgIpc) is 3.51. The highest BCUT2D eigenvalue weighted by molar-refractivity contribution is 6.36. The zero-order chi connectivity index (χ0) is 25.0. The van der Waals surface area contributed by atoms with Crippen molar-refractivity contribution in [1.29, 1.82) is 0 Å². The molecule has 3 fully saturated rings. The van der Waals surface area contributed by atoms with Gasteiger partial charge in [0.2, 0.25) is 0 Å². The number of nitrogens with zero attached hydrogens (tertiary/aromatic N) is 3. The molecule has 1 heterocycles. The lowest BCUT2D eigenvalue weighted by Crippen LogP contribution is -2.52. The number of imide groups is 1. The first-order chi connectivity index (χ1) is 16.7. The number of ketones is 1. The van der Waals surface area contributed by atoms with Crippen LogP contribution in [0, 0.1) is 33.8 Å². The maximum absolute atomic E-state index is 13.6. The van der Waals surface area contributed by atoms with Crippen molar-refractivity contribution in [3.63, 3.8) is 0 Å². The highest BCUT2D eigenvalue weighted by Crippen LogP contribution is 2.56. The third kappa shape index (κ3) is 3.88. The fourth-order valence-corrected chi connectivity index (χ4v) is 6.18. The van der Waals surface area contributed by atoms with Crippen molar-refractivity contribution in [2.24, 2.45) is 23.7 Å². The van der Waals surface area contributed by atoms with Crippen LogP contribution in [0.15, 0.2) is 42.5 Å². The second kappa shape index (κ2) is 8.73. The monoisotopic (exact) mass is 515 g/mol. The second-order valence-electron chi connectivity index (χ2n) is 9.09. The summed E-state index contributed by atoms with van der Waals surface area (Å²) >= 11 is 12.2. The Morgan fingerprint density at radius 1 is 1.03 bits per heavy atom. The van der Waals surface area contributed by atoms with Crippen LogP contribution < -0.4 is 0 Å². The number of nitro benzene ring substituents is 1. The smallest absolute Gasteiger partial charge is 0.274 e. The number of hydrogen-bond acceptors (Lipinski definition) is 6. The molecule has 2 aliphatic carbocycles. The van der Waals surface area contributed by atoms with Gasteiger partial charge in [0.15, 0.2) is 5.78 Å². The van der Waals surface area contributed by atoms with Crippen molar-refractivity contribution >= 4 is 52.4 Å². The van der Waals surface area contributed by atoms with Gasteiger partial charge in [0.25, 0.3) is 23.4 Å². The number of hydrogen-bond donors (Lipinski definition) is 0. The van der Waals surface area contributed by atoms with Crippen molar-refractivity contribution in [3.05, 3.63) is 73.8 Å². The van der Waals surface area contributed by atoms with E-state index in [0.717, 1.165) is 35.3 Å². The number of halogens is 2. The van der Waals surface area contributed by atoms with Crippen LogP contribution in [0.1, 0.15) is 40.0 Å². The first kappa shape index (κ1) is 23.4. The SMILES string of the molecule is O=C(CN(C(=O)c1ccc(Cl)cc1Cl)N1C(=O)[C@@H]2[C@H]3CC[C@H](C3)[C@@H]2C1=O)c1cccc([N+](=O)[O-])c1. The van der Waals surface area contributed by atoms with Crippen LogP contribution in [0.3, 0.4) is 0 Å². The largest absolute Gasteiger partial charge is 0.292 e. The van der Waals surface area contributed by atoms with E-state index in [1.807, 2.05) is 0 Å². The van der Waals surface area contributed by atoms with Gasteiger partial charge < -0.3 is 0 Å². The van der Waals surface area contributed by atoms with E-state index in [-0.39, 0.29) is 38.7 Å². The summed E-state index contributed by atoms with van der Waals surface area (Å²) in [6.45, 7) is -0.675. The van der Waals surface area contributed by atoms with Gasteiger partial charge >= 0.3 is 0 Å². The molecule has 0 radical (unpaired) electrons. The third-order valence-corrected chi connectivity index (χ3v) is 7.76. The molecule has 2 saturated carbocycles. The van der Waals surface area contributed by atoms with Gasteiger partial charge in [0.05, 0.1) is 27.3 Å². The Morgan fingerprint density at radius 3 is 2.29 bits per heavy atom. The standard InChI is InChI=1S/C24H19Cl2N3O6/c25-15-6-7-17(18(26)10-15)22(31)27(11-19(30)12-2-1-3-16(9-12)29(34)35)28-23(32)20-13-4-5-14(8-13)21(20)24(28)33/h1-3,6-7,9-10,13-14,20-21H,4-5,8,11H2/t13-,14+,20+,21-. The van der Waals surface area contributed by atoms with Crippen molar-refractivity contribution in [3.8, 4) is 0 Å². The Labute approximate surface area is 209 Å². The fraction of sp³-hybridized carbons (Fsp3) is 0.333. The normalized spacial score (nSPS) is 24.6. The number of carbonyl (C=O) groups is 4. The number of hydrazine groups is 1. The maximum Gasteiger partial charge on any atom is 0.274 e. The first-order valence-electron chi connectivity index (χ1n) is 11.1. The predicted octanol–water partition coefficient (Wildman–Crippen LogP) is 4.17. The van der Waals surface area contributed by atoms with E-state index in [1.54, 1.807) is 0 Å². The van der Waals surface area contributed by atoms with E-state index in [9.17, 15) is 29.3 Å². The molecule has 35 heavy (non-hydrogen) atoms. The minimum atomic E-state index is -0.820. The molecule has 11 heteroatoms. The summed E-state index contributed by atoms with van der Waals surface area (Å²) in [7, 11) is 0. The molecule has 3 aliphatic rings. The van der Waals surface area contributed by atoms with Crippen molar-refractivity contribution in [2.45, 2.75) is 19.3 Å². The highest BCUT2D eigenvalue weighted by Gasteiger charge is 2.62. The average molecular weight is 516 g/mol. The van der Waals surface area contributed by atoms with Crippen LogP contribution >= 0.6 is 23.2 Å². The molecule has 0 spiro atoms. The number of non-ortho nitro benzene ring substituents is 1. The summed E-state index contributed by atoms with van der Waals surface area (Å²) in [6, 6.07) is 9.18. The molecule has 9 nitrogen and oxygen atoms in total. The van der Waals surface area contributed by atoms with Crippen molar-refractivity contribution < 1.29 is 24.1 Å². The molecule has 0 unspecified atom stereocenters. The number of rotatable bonds is 6. The summed E-state index contributed by atoms with van der Waals surface area (Å²) in [5, 5.41) is 13.0. The Morgan fingerprint density at radius 2 is 1.69 bits per heavy atom. The Balaban J connectivity index is 1.52. The Kier molecular flexibility index (Phi) is 5.85. The number of fused-ring (bicyclic) bond motifs is 5. The molecule has 180 valence electrons. The molecule has 1 saturated heterocycles. The molecule has 2 aromatic carbocycles. The molecule has 5 rings (SSSR count). The molecule has 4 atom stereocenters. The van der Waals surface area contributed by atoms with E-state index in [2.05, 4.69) is 0 Å². The molecule has 2 bridgehead atoms. The van der Waals surface area contributed by atoms with Crippen LogP contribution in [-0.2, 0) is 9.59 Å². The molecule has 2 aromatic rings. The zero-order valence-corrected chi connectivity index (χ0v) is 19.7. The summed E-state index contributed by atoms with van der Waals surface area (Å²) in [5.74, 6) is -3.36. The van der Waals surface area contributed by atoms with Gasteiger partial charge in [0.1, 0.15) is 6.54 Å². The van der Waals surface area contributed by atoms with Crippen molar-refractivity contribution in [1.82, 2.24) is 10.0 Å². The lowest BCUT2D eigenvalue weighted by atomic mass is 9.81. The Hall–Kier alpha value is -3.30. The molecule has 0 aromatic heterocycles. The van der Waals surface area contributed by atoms with Crippen LogP contribution in [-0.4, -0.2) is 45.0 Å². The molecular formula is C24H19Cl2N3O6. The minimum absolute atomic E-state index is 0.00495. The van der Waals surface area contributed by atoms with E-state index in [1.165, 1.54) is 36.4 Å². The summed E-state index contributed by atoms with van der Waals surface area (Å²) < 4.78 is 0. The summed E-state index contributed by atoms with van der Waals surface area (Å²) in [6.07, 6.45) is 2.51. The molecule has 1 aliphatic heterocycles. The number of carbonyl (C=O) groups excluding carboxylic acids is 4. The molecule has 0 N–H and O–H groups in total. The van der Waals surface area contributed by atoms with Crippen LogP contribution in [0.25, 0.3) is 0 Å². The van der Waals surface area contributed by atoms with Gasteiger partial charge in [-0.3, -0.25) is 29.3 Å². The maximum atomic E-state index is 13.6. The summed E-state index contributed by atoms with van der Waals surface area (Å²) in [4.78, 5) is 64.1. The quantitative estimate of drug-likeness (QED) is 0.246. The highest BCUT2D eigenvalue weighted by atomic mass is 35.5. The fourth-order valence-electron chi connectivity index (χ4n) is 5.69. The van der Waals surface area contributed by atoms with E-state index in [0.29, 0.717) is 0 Å². The van der Waals surface area contributed by atoms with Gasteiger partial charge in [-0.15, -0.1) is 0 Å². The number of Topliss-reactive ketones (excluding diaryl/α,β-unsaturated/α-hetero) is 1. The lowest BCUT2D eigenvalue weighted by molar-refractivity contribution is -0.384. The van der Waals surface area contributed by atoms with Gasteiger partial charge in [-0.05, 0) is 49.3 Å². The number of benzene rings is 2. The topological polar surface area (TPSA) is 118 Å². The van der Waals surface area contributed by atoms with Gasteiger partial charge in [-0.1, -0.05) is 35.3 Å². The first-order valence-corrected chi connectivity index (χ1v) is 11.8. The lowest BCUT2D eigenvalue weighted by Gasteiger charge is -2.31. The van der Waals surface area contributed by atoms with E-state index in [4.69, 9.17) is 23.2 Å². The summed E-state index contributed by atoms with van der Waals surface area (Å²) in [5.41, 5.74) is -0.365. The van der Waals surface area contributed by atoms with Crippen LogP contribution in [0.5, 0.6) is 0 Å². The molecule has 3 amide bonds. The zero-order valence-electron chi connectivity index (χ0n) is 18.2. The van der Waals surface area contributed by atoms with Gasteiger partial charge in [-0.25, -0.2) is 5.01 Å². The minimum Gasteiger partial charge on any atom is -0.292 e. The van der Waals surface area contributed by atoms with Gasteiger partial charge in [0, 0.05) is 22.7 Å². The number of amides is 3. The molecular weight excluding hydrogens is 497 g/mol. The predicted molar refractivity (Wildman–Crippen MR) is 125 cm³/mol. The number of nitro groups is 1. The van der Waals surface area contributed by atoms with Crippen LogP contribution in [0.2, 0.25) is 10.0 Å². The second-order valence-corrected chi connectivity index (χ2v) is 9.93. The Bertz CT molecular complexity index is 1270. The third-order valence-electron chi connectivity index (χ3n) is 7.21. The van der Waals surface area contributed by atoms with Crippen molar-refractivity contribution in [2.75, 3.05) is 6.54 Å². The van der Waals surface area contributed by atoms with E-state index < -0.39 is 46.8 Å². The van der Waals surface area contributed by atoms with Gasteiger partial charge in [-0.2, -0.15) is 5.01 Å². The van der Waals surface area contributed by atoms with E-state index >= 15 is 0 Å². The van der Waals surface area contributed by atoms with Crippen LogP contribution in [0.4, 0.5) is 5.69 Å².